The Labute approximate surface area is 179 Å². The molecule has 0 aliphatic rings. The monoisotopic (exact) mass is 559 g/mol. The van der Waals surface area contributed by atoms with Gasteiger partial charge in [-0.25, -0.2) is 0 Å². The van der Waals surface area contributed by atoms with Crippen molar-refractivity contribution < 1.29 is 20.4 Å². The number of nitrogens with two attached hydrogens (primary N) is 3. The van der Waals surface area contributed by atoms with Gasteiger partial charge in [0, 0.05) is 37.5 Å². The van der Waals surface area contributed by atoms with E-state index in [0.717, 1.165) is 14.7 Å². The van der Waals surface area contributed by atoms with Crippen molar-refractivity contribution in [2.24, 2.45) is 0 Å². The Morgan fingerprint density at radius 3 is 0.760 bits per heavy atom. The van der Waals surface area contributed by atoms with Crippen molar-refractivity contribution in [3.05, 3.63) is 72.8 Å². The van der Waals surface area contributed by atoms with E-state index in [1.54, 1.807) is 18.2 Å². The second-order valence-corrected chi connectivity index (χ2v) is 5.93. The molecule has 0 heterocycles. The van der Waals surface area contributed by atoms with E-state index in [0.29, 0.717) is 17.1 Å². The zero-order valence-electron chi connectivity index (χ0n) is 13.3. The summed E-state index contributed by atoms with van der Waals surface area (Å²) >= 11 is 14.5. The van der Waals surface area contributed by atoms with Crippen LogP contribution in [-0.2, 0) is 58.3 Å². The number of hydrogen-bond acceptors (Lipinski definition) is 6. The van der Waals surface area contributed by atoms with Crippen LogP contribution >= 0.6 is 0 Å². The largest absolute Gasteiger partial charge is 0.778 e. The Morgan fingerprint density at radius 2 is 0.640 bits per heavy atom. The van der Waals surface area contributed by atoms with E-state index >= 15 is 0 Å². The van der Waals surface area contributed by atoms with Crippen LogP contribution < -0.4 is 17.2 Å². The van der Waals surface area contributed by atoms with E-state index in [9.17, 15) is 0 Å². The summed E-state index contributed by atoms with van der Waals surface area (Å²) < 4.78 is 0. The molecule has 0 saturated heterocycles. The van der Waals surface area contributed by atoms with E-state index in [1.807, 2.05) is 54.6 Å². The van der Waals surface area contributed by atoms with Crippen LogP contribution in [-0.4, -0.2) is 0 Å². The van der Waals surface area contributed by atoms with Crippen molar-refractivity contribution in [3.63, 3.8) is 0 Å². The average molecular weight is 559 g/mol. The van der Waals surface area contributed by atoms with Gasteiger partial charge in [-0.3, -0.25) is 0 Å². The molecular formula is C18H18N3ReS3-3. The molecule has 0 spiro atoms. The van der Waals surface area contributed by atoms with Crippen molar-refractivity contribution in [3.8, 4) is 0 Å². The van der Waals surface area contributed by atoms with Crippen LogP contribution in [0.3, 0.4) is 0 Å². The van der Waals surface area contributed by atoms with Crippen LogP contribution in [0.4, 0.5) is 17.1 Å². The molecule has 0 saturated carbocycles. The SMILES string of the molecule is Nc1ccccc1[S-].Nc1ccccc1[S-].Nc1ccccc1[S-].[Re]. The van der Waals surface area contributed by atoms with Gasteiger partial charge in [0.1, 0.15) is 0 Å². The van der Waals surface area contributed by atoms with Crippen LogP contribution in [0.5, 0.6) is 0 Å². The van der Waals surface area contributed by atoms with Crippen molar-refractivity contribution in [1.82, 2.24) is 0 Å². The molecule has 7 heteroatoms. The van der Waals surface area contributed by atoms with Crippen molar-refractivity contribution >= 4 is 54.9 Å². The minimum absolute atomic E-state index is 0. The molecule has 133 valence electrons. The van der Waals surface area contributed by atoms with Gasteiger partial charge in [-0.15, -0.1) is 0 Å². The standard InChI is InChI=1S/3C6H7NS.Re/c3*7-5-3-1-2-4-6(5)8;/h3*1-4,8H,7H2;/p-3. The third-order valence-corrected chi connectivity index (χ3v) is 3.87. The number of hydrogen-bond donors (Lipinski definition) is 3. The minimum Gasteiger partial charge on any atom is -0.778 e. The van der Waals surface area contributed by atoms with Gasteiger partial charge in [-0.2, -0.15) is 14.7 Å². The summed E-state index contributed by atoms with van der Waals surface area (Å²) in [5.74, 6) is 0. The molecule has 0 bridgehead atoms. The van der Waals surface area contributed by atoms with Crippen LogP contribution in [0.15, 0.2) is 87.5 Å². The fraction of sp³-hybridized carbons (Fsp3) is 0. The van der Waals surface area contributed by atoms with E-state index in [4.69, 9.17) is 55.1 Å². The fourth-order valence-corrected chi connectivity index (χ4v) is 1.88. The maximum Gasteiger partial charge on any atom is 0.0119 e. The summed E-state index contributed by atoms with van der Waals surface area (Å²) in [6.07, 6.45) is 0. The van der Waals surface area contributed by atoms with Gasteiger partial charge >= 0.3 is 0 Å². The quantitative estimate of drug-likeness (QED) is 0.290. The normalized spacial score (nSPS) is 8.64. The number of anilines is 3. The molecular weight excluding hydrogens is 541 g/mol. The van der Waals surface area contributed by atoms with Gasteiger partial charge in [0.05, 0.1) is 0 Å². The first-order chi connectivity index (χ1) is 11.4. The molecule has 3 aromatic carbocycles. The van der Waals surface area contributed by atoms with E-state index in [1.165, 1.54) is 0 Å². The summed E-state index contributed by atoms with van der Waals surface area (Å²) in [5, 5.41) is 0. The molecule has 0 fully saturated rings. The maximum atomic E-state index is 5.42. The predicted molar refractivity (Wildman–Crippen MR) is 109 cm³/mol. The fourth-order valence-electron chi connectivity index (χ4n) is 1.44. The first-order valence-corrected chi connectivity index (χ1v) is 8.19. The molecule has 3 nitrogen and oxygen atoms in total. The molecule has 0 amide bonds. The first kappa shape index (κ1) is 23.4. The Balaban J connectivity index is 0.000000339. The Morgan fingerprint density at radius 1 is 0.440 bits per heavy atom. The first-order valence-electron chi connectivity index (χ1n) is 6.96. The topological polar surface area (TPSA) is 78.1 Å². The van der Waals surface area contributed by atoms with Gasteiger partial charge in [0.2, 0.25) is 0 Å². The molecule has 3 rings (SSSR count). The second-order valence-electron chi connectivity index (χ2n) is 4.61. The Bertz CT molecular complexity index is 603. The van der Waals surface area contributed by atoms with Gasteiger partial charge < -0.3 is 55.1 Å². The van der Waals surface area contributed by atoms with Crippen molar-refractivity contribution in [2.75, 3.05) is 17.2 Å². The number of nitrogen functional groups attached to an aromatic ring is 3. The van der Waals surface area contributed by atoms with Gasteiger partial charge in [-0.05, 0) is 18.2 Å². The molecule has 25 heavy (non-hydrogen) atoms. The van der Waals surface area contributed by atoms with Crippen molar-refractivity contribution in [2.45, 2.75) is 14.7 Å². The molecule has 0 aromatic heterocycles. The minimum atomic E-state index is 0. The van der Waals surface area contributed by atoms with Crippen LogP contribution in [0, 0.1) is 0 Å². The van der Waals surface area contributed by atoms with Crippen LogP contribution in [0.25, 0.3) is 0 Å². The summed E-state index contributed by atoms with van der Waals surface area (Å²) in [4.78, 5) is 2.19. The molecule has 1 radical (unpaired) electrons. The summed E-state index contributed by atoms with van der Waals surface area (Å²) in [6.45, 7) is 0. The third-order valence-electron chi connectivity index (χ3n) is 2.76. The molecule has 6 N–H and O–H groups in total. The van der Waals surface area contributed by atoms with Gasteiger partial charge in [0.25, 0.3) is 0 Å². The van der Waals surface area contributed by atoms with Crippen molar-refractivity contribution in [1.29, 1.82) is 0 Å². The number of para-hydroxylation sites is 3. The number of benzene rings is 3. The average Bonchev–Trinajstić information content (AvgIpc) is 2.57. The Kier molecular flexibility index (Phi) is 11.9. The maximum absolute atomic E-state index is 5.42. The van der Waals surface area contributed by atoms with Crippen LogP contribution in [0.1, 0.15) is 0 Å². The second kappa shape index (κ2) is 12.7. The van der Waals surface area contributed by atoms with Gasteiger partial charge in [0.15, 0.2) is 0 Å². The van der Waals surface area contributed by atoms with Crippen LogP contribution in [0.2, 0.25) is 0 Å². The third kappa shape index (κ3) is 9.44. The zero-order chi connectivity index (χ0) is 17.9. The van der Waals surface area contributed by atoms with E-state index in [2.05, 4.69) is 0 Å². The van der Waals surface area contributed by atoms with Gasteiger partial charge in [-0.1, -0.05) is 54.6 Å². The molecule has 0 aliphatic carbocycles. The summed E-state index contributed by atoms with van der Waals surface area (Å²) in [7, 11) is 0. The Hall–Kier alpha value is -1.62. The predicted octanol–water partition coefficient (Wildman–Crippen LogP) is 3.52. The summed E-state index contributed by atoms with van der Waals surface area (Å²) in [6, 6.07) is 22.0. The smallest absolute Gasteiger partial charge is 0.0119 e. The molecule has 0 unspecified atom stereocenters. The van der Waals surface area contributed by atoms with E-state index < -0.39 is 0 Å². The zero-order valence-corrected chi connectivity index (χ0v) is 18.4. The number of rotatable bonds is 0. The molecule has 0 aliphatic heterocycles. The van der Waals surface area contributed by atoms with E-state index in [-0.39, 0.29) is 20.4 Å². The molecule has 3 aromatic rings. The molecule has 0 atom stereocenters. The summed E-state index contributed by atoms with van der Waals surface area (Å²) in [5.41, 5.74) is 18.3.